The Balaban J connectivity index is 1.55. The molecule has 0 unspecified atom stereocenters. The van der Waals surface area contributed by atoms with Gasteiger partial charge in [0, 0.05) is 43.7 Å². The van der Waals surface area contributed by atoms with Crippen LogP contribution in [0.25, 0.3) is 0 Å². The van der Waals surface area contributed by atoms with E-state index < -0.39 is 0 Å². The quantitative estimate of drug-likeness (QED) is 0.760. The third-order valence-electron chi connectivity index (χ3n) is 5.72. The number of hydrogen-bond acceptors (Lipinski definition) is 7. The molecule has 2 saturated heterocycles. The summed E-state index contributed by atoms with van der Waals surface area (Å²) in [7, 11) is 1.93. The van der Waals surface area contributed by atoms with Gasteiger partial charge in [0.05, 0.1) is 26.3 Å². The summed E-state index contributed by atoms with van der Waals surface area (Å²) in [6, 6.07) is 0.237. The van der Waals surface area contributed by atoms with Crippen LogP contribution < -0.4 is 5.32 Å². The van der Waals surface area contributed by atoms with Crippen molar-refractivity contribution in [2.24, 2.45) is 0 Å². The van der Waals surface area contributed by atoms with Crippen molar-refractivity contribution in [1.29, 1.82) is 0 Å². The molecule has 9 heteroatoms. The van der Waals surface area contributed by atoms with Crippen molar-refractivity contribution in [3.8, 4) is 0 Å². The molecule has 0 radical (unpaired) electrons. The molecule has 0 aromatic carbocycles. The monoisotopic (exact) mass is 393 g/mol. The zero-order chi connectivity index (χ0) is 20.4. The normalized spacial score (nSPS) is 22.9. The molecular weight excluding hydrogens is 358 g/mol. The highest BCUT2D eigenvalue weighted by molar-refractivity contribution is 5.76. The van der Waals surface area contributed by atoms with Crippen molar-refractivity contribution >= 4 is 5.91 Å². The first-order chi connectivity index (χ1) is 13.2. The van der Waals surface area contributed by atoms with E-state index in [0.717, 1.165) is 45.0 Å². The van der Waals surface area contributed by atoms with Crippen LogP contribution in [-0.4, -0.2) is 86.4 Å². The number of hydrogen-bond donors (Lipinski definition) is 1. The lowest BCUT2D eigenvalue weighted by molar-refractivity contribution is -0.133. The zero-order valence-electron chi connectivity index (χ0n) is 17.9. The maximum Gasteiger partial charge on any atom is 0.224 e. The van der Waals surface area contributed by atoms with Gasteiger partial charge in [0.15, 0.2) is 5.82 Å². The minimum absolute atomic E-state index is 0.0160. The van der Waals surface area contributed by atoms with Crippen LogP contribution in [0.1, 0.15) is 52.8 Å². The number of tetrazole rings is 1. The van der Waals surface area contributed by atoms with Gasteiger partial charge in [-0.25, -0.2) is 4.68 Å². The number of nitrogens with zero attached hydrogens (tertiary/aromatic N) is 6. The first-order valence-corrected chi connectivity index (χ1v) is 10.3. The predicted molar refractivity (Wildman–Crippen MR) is 106 cm³/mol. The van der Waals surface area contributed by atoms with Gasteiger partial charge in [-0.1, -0.05) is 0 Å². The molecule has 1 N–H and O–H groups in total. The minimum Gasteiger partial charge on any atom is -0.379 e. The Morgan fingerprint density at radius 2 is 1.86 bits per heavy atom. The smallest absolute Gasteiger partial charge is 0.224 e. The lowest BCUT2D eigenvalue weighted by atomic mass is 9.79. The van der Waals surface area contributed by atoms with Crippen molar-refractivity contribution in [1.82, 2.24) is 35.3 Å². The maximum absolute atomic E-state index is 12.9. The summed E-state index contributed by atoms with van der Waals surface area (Å²) in [6.07, 6.45) is 2.31. The largest absolute Gasteiger partial charge is 0.379 e. The molecule has 2 aliphatic rings. The number of aryl methyl sites for hydroxylation is 1. The van der Waals surface area contributed by atoms with Crippen molar-refractivity contribution < 1.29 is 9.53 Å². The van der Waals surface area contributed by atoms with Gasteiger partial charge in [-0.15, -0.1) is 5.10 Å². The summed E-state index contributed by atoms with van der Waals surface area (Å²) in [5.74, 6) is 0.952. The van der Waals surface area contributed by atoms with E-state index in [4.69, 9.17) is 4.74 Å². The Labute approximate surface area is 167 Å². The van der Waals surface area contributed by atoms with Gasteiger partial charge in [-0.3, -0.25) is 9.69 Å². The second-order valence-electron chi connectivity index (χ2n) is 9.42. The summed E-state index contributed by atoms with van der Waals surface area (Å²) < 4.78 is 7.15. The highest BCUT2D eigenvalue weighted by atomic mass is 16.5. The number of nitrogens with one attached hydrogen (secondary N) is 1. The van der Waals surface area contributed by atoms with Gasteiger partial charge in [0.25, 0.3) is 0 Å². The van der Waals surface area contributed by atoms with Crippen LogP contribution in [0.4, 0.5) is 0 Å². The second kappa shape index (κ2) is 8.42. The van der Waals surface area contributed by atoms with Crippen LogP contribution in [0, 0.1) is 0 Å². The Morgan fingerprint density at radius 3 is 2.50 bits per heavy atom. The number of morpholine rings is 1. The lowest BCUT2D eigenvalue weighted by Crippen LogP contribution is -2.62. The minimum atomic E-state index is 0.0160. The van der Waals surface area contributed by atoms with Crippen molar-refractivity contribution in [3.05, 3.63) is 5.82 Å². The molecule has 3 rings (SSSR count). The predicted octanol–water partition coefficient (Wildman–Crippen LogP) is 0.663. The van der Waals surface area contributed by atoms with Crippen molar-refractivity contribution in [2.45, 2.75) is 77.2 Å². The molecule has 158 valence electrons. The van der Waals surface area contributed by atoms with Crippen molar-refractivity contribution in [2.75, 3.05) is 33.4 Å². The Hall–Kier alpha value is -1.58. The number of amides is 1. The van der Waals surface area contributed by atoms with E-state index in [-0.39, 0.29) is 23.0 Å². The first kappa shape index (κ1) is 21.1. The van der Waals surface area contributed by atoms with E-state index in [1.807, 2.05) is 11.9 Å². The topological polar surface area (TPSA) is 88.4 Å². The fourth-order valence-corrected chi connectivity index (χ4v) is 4.59. The van der Waals surface area contributed by atoms with Crippen LogP contribution in [0.3, 0.4) is 0 Å². The number of aromatic nitrogens is 4. The Morgan fingerprint density at radius 1 is 1.21 bits per heavy atom. The van der Waals surface area contributed by atoms with Crippen LogP contribution in [0.5, 0.6) is 0 Å². The summed E-state index contributed by atoms with van der Waals surface area (Å²) in [6.45, 7) is 13.3. The van der Waals surface area contributed by atoms with Gasteiger partial charge in [-0.05, 0) is 51.0 Å². The van der Waals surface area contributed by atoms with Gasteiger partial charge >= 0.3 is 0 Å². The van der Waals surface area contributed by atoms with Crippen molar-refractivity contribution in [3.63, 3.8) is 0 Å². The molecule has 9 nitrogen and oxygen atoms in total. The highest BCUT2D eigenvalue weighted by Gasteiger charge is 2.40. The highest BCUT2D eigenvalue weighted by Crippen LogP contribution is 2.31. The molecular formula is C19H35N7O2. The Bertz CT molecular complexity index is 651. The Kier molecular flexibility index (Phi) is 6.36. The molecule has 2 fully saturated rings. The summed E-state index contributed by atoms with van der Waals surface area (Å²) >= 11 is 0. The van der Waals surface area contributed by atoms with Gasteiger partial charge < -0.3 is 15.0 Å². The molecule has 1 aromatic rings. The first-order valence-electron chi connectivity index (χ1n) is 10.3. The fourth-order valence-electron chi connectivity index (χ4n) is 4.59. The molecule has 0 atom stereocenters. The van der Waals surface area contributed by atoms with Gasteiger partial charge in [0.1, 0.15) is 0 Å². The zero-order valence-corrected chi connectivity index (χ0v) is 17.9. The number of ether oxygens (including phenoxy) is 1. The molecule has 3 heterocycles. The van der Waals surface area contributed by atoms with Gasteiger partial charge in [0.2, 0.25) is 5.91 Å². The maximum atomic E-state index is 12.9. The second-order valence-corrected chi connectivity index (χ2v) is 9.42. The average molecular weight is 394 g/mol. The number of piperidine rings is 1. The van der Waals surface area contributed by atoms with Crippen LogP contribution in [-0.2, 0) is 22.6 Å². The van der Waals surface area contributed by atoms with E-state index in [2.05, 4.69) is 53.4 Å². The van der Waals surface area contributed by atoms with E-state index in [9.17, 15) is 4.79 Å². The van der Waals surface area contributed by atoms with Gasteiger partial charge in [-0.2, -0.15) is 0 Å². The molecule has 0 bridgehead atoms. The molecule has 0 saturated carbocycles. The third kappa shape index (κ3) is 5.48. The summed E-state index contributed by atoms with van der Waals surface area (Å²) in [5.41, 5.74) is 0.0320. The standard InChI is InChI=1S/C19H35N7O2/c1-18(2)12-15(13-19(3,4)21-18)24(5)17(27)6-7-26-16(20-22-23-26)14-25-8-10-28-11-9-25/h15,21H,6-14H2,1-5H3. The summed E-state index contributed by atoms with van der Waals surface area (Å²) in [4.78, 5) is 17.1. The van der Waals surface area contributed by atoms with Crippen LogP contribution >= 0.6 is 0 Å². The van der Waals surface area contributed by atoms with E-state index >= 15 is 0 Å². The van der Waals surface area contributed by atoms with Crippen LogP contribution in [0.15, 0.2) is 0 Å². The summed E-state index contributed by atoms with van der Waals surface area (Å²) in [5, 5.41) is 15.7. The van der Waals surface area contributed by atoms with E-state index in [1.54, 1.807) is 4.68 Å². The fraction of sp³-hybridized carbons (Fsp3) is 0.895. The van der Waals surface area contributed by atoms with Crippen LogP contribution in [0.2, 0.25) is 0 Å². The molecule has 28 heavy (non-hydrogen) atoms. The third-order valence-corrected chi connectivity index (χ3v) is 5.72. The molecule has 1 aromatic heterocycles. The number of carbonyl (C=O) groups excluding carboxylic acids is 1. The van der Waals surface area contributed by atoms with E-state index in [1.165, 1.54) is 0 Å². The lowest BCUT2D eigenvalue weighted by Gasteiger charge is -2.49. The van der Waals surface area contributed by atoms with E-state index in [0.29, 0.717) is 19.5 Å². The SMILES string of the molecule is CN(C(=O)CCn1nnnc1CN1CCOCC1)C1CC(C)(C)NC(C)(C)C1. The number of carbonyl (C=O) groups is 1. The molecule has 0 spiro atoms. The number of rotatable bonds is 6. The molecule has 1 amide bonds. The average Bonchev–Trinajstić information content (AvgIpc) is 3.04. The molecule has 2 aliphatic heterocycles. The molecule has 0 aliphatic carbocycles.